The van der Waals surface area contributed by atoms with Crippen LogP contribution in [-0.2, 0) is 0 Å². The van der Waals surface area contributed by atoms with Crippen molar-refractivity contribution < 1.29 is 0 Å². The van der Waals surface area contributed by atoms with E-state index < -0.39 is 0 Å². The third-order valence-corrected chi connectivity index (χ3v) is 6.62. The van der Waals surface area contributed by atoms with E-state index in [0.29, 0.717) is 5.41 Å². The molecule has 1 saturated carbocycles. The predicted molar refractivity (Wildman–Crippen MR) is 96.5 cm³/mol. The second-order valence-electron chi connectivity index (χ2n) is 9.46. The summed E-state index contributed by atoms with van der Waals surface area (Å²) in [5, 5.41) is 0. The van der Waals surface area contributed by atoms with Gasteiger partial charge in [0, 0.05) is 0 Å². The molecule has 0 aromatic rings. The Morgan fingerprint density at radius 1 is 1.00 bits per heavy atom. The molecule has 5 atom stereocenters. The van der Waals surface area contributed by atoms with E-state index in [4.69, 9.17) is 0 Å². The van der Waals surface area contributed by atoms with Gasteiger partial charge in [-0.25, -0.2) is 0 Å². The summed E-state index contributed by atoms with van der Waals surface area (Å²) < 4.78 is 0. The highest BCUT2D eigenvalue weighted by atomic mass is 14.4. The Bertz CT molecular complexity index is 290. The van der Waals surface area contributed by atoms with Gasteiger partial charge in [-0.3, -0.25) is 0 Å². The van der Waals surface area contributed by atoms with Gasteiger partial charge in [-0.2, -0.15) is 0 Å². The van der Waals surface area contributed by atoms with Gasteiger partial charge >= 0.3 is 0 Å². The van der Waals surface area contributed by atoms with Gasteiger partial charge in [-0.15, -0.1) is 0 Å². The molecule has 1 fully saturated rings. The average molecular weight is 295 g/mol. The highest BCUT2D eigenvalue weighted by molar-refractivity contribution is 4.88. The van der Waals surface area contributed by atoms with Crippen LogP contribution in [0, 0.1) is 40.9 Å². The first-order chi connectivity index (χ1) is 9.65. The summed E-state index contributed by atoms with van der Waals surface area (Å²) in [7, 11) is 0. The van der Waals surface area contributed by atoms with E-state index in [1.54, 1.807) is 0 Å². The number of hydrogen-bond donors (Lipinski definition) is 0. The quantitative estimate of drug-likeness (QED) is 0.400. The maximum Gasteiger partial charge on any atom is -0.0298 e. The van der Waals surface area contributed by atoms with Gasteiger partial charge in [0.2, 0.25) is 0 Å². The van der Waals surface area contributed by atoms with Crippen LogP contribution in [0.1, 0.15) is 93.9 Å². The Morgan fingerprint density at radius 3 is 2.00 bits per heavy atom. The molecule has 0 aromatic heterocycles. The van der Waals surface area contributed by atoms with Crippen molar-refractivity contribution in [1.29, 1.82) is 0 Å². The van der Waals surface area contributed by atoms with E-state index in [1.807, 2.05) is 0 Å². The van der Waals surface area contributed by atoms with Gasteiger partial charge in [0.1, 0.15) is 0 Å². The Labute approximate surface area is 135 Å². The molecule has 0 spiro atoms. The average Bonchev–Trinajstić information content (AvgIpc) is 3.08. The van der Waals surface area contributed by atoms with Gasteiger partial charge in [0.25, 0.3) is 0 Å². The SMILES string of the molecule is CC(C)CC(C)(CCC1CC1C)C(C)CCC(C)C(C)C. The van der Waals surface area contributed by atoms with E-state index in [9.17, 15) is 0 Å². The van der Waals surface area contributed by atoms with Crippen molar-refractivity contribution in [3.63, 3.8) is 0 Å². The molecule has 1 rings (SSSR count). The van der Waals surface area contributed by atoms with Crippen LogP contribution in [0.3, 0.4) is 0 Å². The molecule has 126 valence electrons. The molecular weight excluding hydrogens is 252 g/mol. The lowest BCUT2D eigenvalue weighted by Crippen LogP contribution is -2.28. The summed E-state index contributed by atoms with van der Waals surface area (Å²) in [5.41, 5.74) is 0.563. The van der Waals surface area contributed by atoms with Crippen molar-refractivity contribution in [2.45, 2.75) is 93.9 Å². The van der Waals surface area contributed by atoms with Gasteiger partial charge < -0.3 is 0 Å². The normalized spacial score (nSPS) is 27.7. The molecule has 0 bridgehead atoms. The summed E-state index contributed by atoms with van der Waals surface area (Å²) >= 11 is 0. The third-order valence-electron chi connectivity index (χ3n) is 6.62. The molecule has 1 aliphatic carbocycles. The monoisotopic (exact) mass is 294 g/mol. The highest BCUT2D eigenvalue weighted by Crippen LogP contribution is 2.48. The zero-order valence-electron chi connectivity index (χ0n) is 16.2. The molecule has 0 amide bonds. The van der Waals surface area contributed by atoms with E-state index in [-0.39, 0.29) is 0 Å². The Balaban J connectivity index is 2.52. The highest BCUT2D eigenvalue weighted by Gasteiger charge is 2.37. The van der Waals surface area contributed by atoms with Crippen LogP contribution >= 0.6 is 0 Å². The predicted octanol–water partition coefficient (Wildman–Crippen LogP) is 7.18. The first-order valence-corrected chi connectivity index (χ1v) is 9.65. The van der Waals surface area contributed by atoms with Crippen molar-refractivity contribution >= 4 is 0 Å². The second kappa shape index (κ2) is 8.02. The number of hydrogen-bond acceptors (Lipinski definition) is 0. The standard InChI is InChI=1S/C21H42/c1-15(2)14-21(8,12-11-20-13-18(20)6)19(7)10-9-17(5)16(3)4/h15-20H,9-14H2,1-8H3. The minimum atomic E-state index is 0.563. The van der Waals surface area contributed by atoms with Crippen LogP contribution in [0.4, 0.5) is 0 Å². The molecule has 21 heavy (non-hydrogen) atoms. The minimum Gasteiger partial charge on any atom is -0.0628 e. The van der Waals surface area contributed by atoms with E-state index in [0.717, 1.165) is 35.5 Å². The zero-order chi connectivity index (χ0) is 16.2. The molecule has 0 heterocycles. The summed E-state index contributed by atoms with van der Waals surface area (Å²) in [6, 6.07) is 0. The molecule has 5 unspecified atom stereocenters. The van der Waals surface area contributed by atoms with Gasteiger partial charge in [-0.1, -0.05) is 61.8 Å². The fraction of sp³-hybridized carbons (Fsp3) is 1.00. The smallest absolute Gasteiger partial charge is 0.0298 e. The lowest BCUT2D eigenvalue weighted by atomic mass is 9.67. The molecule has 0 N–H and O–H groups in total. The van der Waals surface area contributed by atoms with E-state index in [2.05, 4.69) is 55.4 Å². The third kappa shape index (κ3) is 6.33. The van der Waals surface area contributed by atoms with Crippen molar-refractivity contribution in [1.82, 2.24) is 0 Å². The Kier molecular flexibility index (Phi) is 7.28. The van der Waals surface area contributed by atoms with Crippen LogP contribution in [0.5, 0.6) is 0 Å². The maximum atomic E-state index is 2.59. The molecule has 0 aromatic carbocycles. The van der Waals surface area contributed by atoms with Crippen molar-refractivity contribution in [3.05, 3.63) is 0 Å². The Morgan fingerprint density at radius 2 is 1.57 bits per heavy atom. The fourth-order valence-electron chi connectivity index (χ4n) is 3.99. The van der Waals surface area contributed by atoms with Crippen molar-refractivity contribution in [2.75, 3.05) is 0 Å². The minimum absolute atomic E-state index is 0.563. The van der Waals surface area contributed by atoms with E-state index >= 15 is 0 Å². The molecule has 0 radical (unpaired) electrons. The lowest BCUT2D eigenvalue weighted by Gasteiger charge is -2.38. The topological polar surface area (TPSA) is 0 Å². The van der Waals surface area contributed by atoms with Crippen molar-refractivity contribution in [3.8, 4) is 0 Å². The summed E-state index contributed by atoms with van der Waals surface area (Å²) in [4.78, 5) is 0. The Hall–Kier alpha value is 0. The molecule has 0 nitrogen and oxygen atoms in total. The van der Waals surface area contributed by atoms with E-state index in [1.165, 1.54) is 38.5 Å². The second-order valence-corrected chi connectivity index (χ2v) is 9.46. The zero-order valence-corrected chi connectivity index (χ0v) is 16.2. The summed E-state index contributed by atoms with van der Waals surface area (Å²) in [6.45, 7) is 19.5. The van der Waals surface area contributed by atoms with Crippen LogP contribution in [0.25, 0.3) is 0 Å². The molecule has 0 heteroatoms. The van der Waals surface area contributed by atoms with Crippen LogP contribution in [0.15, 0.2) is 0 Å². The molecular formula is C21H42. The fourth-order valence-corrected chi connectivity index (χ4v) is 3.99. The molecule has 1 aliphatic rings. The lowest BCUT2D eigenvalue weighted by molar-refractivity contribution is 0.121. The van der Waals surface area contributed by atoms with Crippen LogP contribution in [0.2, 0.25) is 0 Å². The maximum absolute atomic E-state index is 2.59. The van der Waals surface area contributed by atoms with Gasteiger partial charge in [0.15, 0.2) is 0 Å². The summed E-state index contributed by atoms with van der Waals surface area (Å²) in [5.74, 6) is 5.48. The van der Waals surface area contributed by atoms with Crippen molar-refractivity contribution in [2.24, 2.45) is 40.9 Å². The van der Waals surface area contributed by atoms with Crippen LogP contribution in [-0.4, -0.2) is 0 Å². The molecule has 0 aliphatic heterocycles. The van der Waals surface area contributed by atoms with Gasteiger partial charge in [-0.05, 0) is 73.0 Å². The summed E-state index contributed by atoms with van der Waals surface area (Å²) in [6.07, 6.45) is 8.67. The first-order valence-electron chi connectivity index (χ1n) is 9.65. The molecule has 0 saturated heterocycles. The number of rotatable bonds is 10. The first kappa shape index (κ1) is 19.0. The largest absolute Gasteiger partial charge is 0.0628 e. The van der Waals surface area contributed by atoms with Crippen LogP contribution < -0.4 is 0 Å². The van der Waals surface area contributed by atoms with Gasteiger partial charge in [0.05, 0.1) is 0 Å².